The van der Waals surface area contributed by atoms with Crippen molar-refractivity contribution in [3.05, 3.63) is 90.0 Å². The predicted octanol–water partition coefficient (Wildman–Crippen LogP) is 4.58. The van der Waals surface area contributed by atoms with Gasteiger partial charge in [0.1, 0.15) is 5.54 Å². The van der Waals surface area contributed by atoms with Crippen LogP contribution in [-0.2, 0) is 10.3 Å². The highest BCUT2D eigenvalue weighted by atomic mass is 16.5. The molecular weight excluding hydrogens is 376 g/mol. The van der Waals surface area contributed by atoms with Crippen LogP contribution in [0.15, 0.2) is 78.9 Å². The van der Waals surface area contributed by atoms with Crippen LogP contribution in [0.3, 0.4) is 0 Å². The Morgan fingerprint density at radius 2 is 1.57 bits per heavy atom. The Labute approximate surface area is 175 Å². The lowest BCUT2D eigenvalue weighted by atomic mass is 9.95. The molecule has 4 rings (SSSR count). The van der Waals surface area contributed by atoms with Gasteiger partial charge in [0.15, 0.2) is 0 Å². The molecule has 0 amide bonds. The molecule has 0 aliphatic rings. The highest BCUT2D eigenvalue weighted by Crippen LogP contribution is 2.32. The van der Waals surface area contributed by atoms with E-state index in [-0.39, 0.29) is 0 Å². The molecule has 3 aromatic carbocycles. The molecule has 1 aromatic heterocycles. The monoisotopic (exact) mass is 398 g/mol. The van der Waals surface area contributed by atoms with Crippen molar-refractivity contribution in [3.8, 4) is 22.5 Å². The number of esters is 1. The lowest BCUT2D eigenvalue weighted by Crippen LogP contribution is -2.30. The Morgan fingerprint density at radius 3 is 2.23 bits per heavy atom. The molecule has 0 saturated carbocycles. The number of aromatic nitrogens is 4. The summed E-state index contributed by atoms with van der Waals surface area (Å²) in [4.78, 5) is 13.7. The fourth-order valence-corrected chi connectivity index (χ4v) is 3.36. The second-order valence-electron chi connectivity index (χ2n) is 7.45. The Balaban J connectivity index is 1.83. The molecule has 0 fully saturated rings. The standard InChI is InChI=1S/C24H22N4O2/c1-24(2,19-12-8-5-9-13-19)28-26-22(25-27-28)21-16-18(23(29)30-3)14-15-20(21)17-10-6-4-7-11-17/h4-16H,1-3H3. The molecule has 0 aliphatic heterocycles. The zero-order valence-corrected chi connectivity index (χ0v) is 17.1. The molecule has 0 saturated heterocycles. The fraction of sp³-hybridized carbons (Fsp3) is 0.167. The first kappa shape index (κ1) is 19.5. The molecule has 6 heteroatoms. The predicted molar refractivity (Wildman–Crippen MR) is 115 cm³/mol. The molecule has 150 valence electrons. The van der Waals surface area contributed by atoms with Gasteiger partial charge in [0.25, 0.3) is 0 Å². The highest BCUT2D eigenvalue weighted by molar-refractivity contribution is 5.93. The Kier molecular flexibility index (Phi) is 5.14. The van der Waals surface area contributed by atoms with Crippen LogP contribution in [0.4, 0.5) is 0 Å². The van der Waals surface area contributed by atoms with Crippen LogP contribution in [-0.4, -0.2) is 33.3 Å². The molecule has 0 aliphatic carbocycles. The second kappa shape index (κ2) is 7.91. The van der Waals surface area contributed by atoms with Crippen LogP contribution < -0.4 is 0 Å². The number of benzene rings is 3. The summed E-state index contributed by atoms with van der Waals surface area (Å²) < 4.78 is 4.89. The summed E-state index contributed by atoms with van der Waals surface area (Å²) in [6.45, 7) is 4.08. The van der Waals surface area contributed by atoms with E-state index in [1.54, 1.807) is 16.9 Å². The molecule has 0 bridgehead atoms. The minimum absolute atomic E-state index is 0.409. The molecule has 0 radical (unpaired) electrons. The second-order valence-corrected chi connectivity index (χ2v) is 7.45. The van der Waals surface area contributed by atoms with E-state index in [2.05, 4.69) is 15.4 Å². The molecule has 0 unspecified atom stereocenters. The van der Waals surface area contributed by atoms with Gasteiger partial charge in [0.05, 0.1) is 12.7 Å². The van der Waals surface area contributed by atoms with Gasteiger partial charge in [-0.15, -0.1) is 10.2 Å². The van der Waals surface area contributed by atoms with Crippen molar-refractivity contribution < 1.29 is 9.53 Å². The summed E-state index contributed by atoms with van der Waals surface area (Å²) in [7, 11) is 1.37. The van der Waals surface area contributed by atoms with Gasteiger partial charge in [0.2, 0.25) is 5.82 Å². The molecule has 4 aromatic rings. The van der Waals surface area contributed by atoms with E-state index >= 15 is 0 Å². The summed E-state index contributed by atoms with van der Waals surface area (Å²) in [5.41, 5.74) is 3.66. The van der Waals surface area contributed by atoms with Gasteiger partial charge in [-0.05, 0) is 47.9 Å². The van der Waals surface area contributed by atoms with Crippen LogP contribution in [0.1, 0.15) is 29.8 Å². The third kappa shape index (κ3) is 3.59. The first-order chi connectivity index (χ1) is 14.5. The molecular formula is C24H22N4O2. The minimum Gasteiger partial charge on any atom is -0.465 e. The first-order valence-electron chi connectivity index (χ1n) is 9.65. The van der Waals surface area contributed by atoms with E-state index in [9.17, 15) is 4.79 Å². The molecule has 0 N–H and O–H groups in total. The van der Waals surface area contributed by atoms with Crippen molar-refractivity contribution in [2.45, 2.75) is 19.4 Å². The van der Waals surface area contributed by atoms with Crippen molar-refractivity contribution in [2.75, 3.05) is 7.11 Å². The van der Waals surface area contributed by atoms with Gasteiger partial charge in [0, 0.05) is 5.56 Å². The number of methoxy groups -OCH3 is 1. The lowest BCUT2D eigenvalue weighted by molar-refractivity contribution is 0.0601. The van der Waals surface area contributed by atoms with E-state index in [0.717, 1.165) is 22.3 Å². The smallest absolute Gasteiger partial charge is 0.337 e. The van der Waals surface area contributed by atoms with Crippen LogP contribution in [0.25, 0.3) is 22.5 Å². The first-order valence-corrected chi connectivity index (χ1v) is 9.65. The Bertz CT molecular complexity index is 1170. The zero-order chi connectivity index (χ0) is 21.1. The van der Waals surface area contributed by atoms with E-state index in [0.29, 0.717) is 11.4 Å². The third-order valence-electron chi connectivity index (χ3n) is 5.16. The largest absolute Gasteiger partial charge is 0.465 e. The number of ether oxygens (including phenoxy) is 1. The number of rotatable bonds is 5. The van der Waals surface area contributed by atoms with Crippen molar-refractivity contribution in [3.63, 3.8) is 0 Å². The molecule has 0 atom stereocenters. The van der Waals surface area contributed by atoms with Gasteiger partial charge in [-0.1, -0.05) is 66.7 Å². The molecule has 6 nitrogen and oxygen atoms in total. The van der Waals surface area contributed by atoms with Crippen molar-refractivity contribution >= 4 is 5.97 Å². The van der Waals surface area contributed by atoms with E-state index in [1.165, 1.54) is 7.11 Å². The number of nitrogens with zero attached hydrogens (tertiary/aromatic N) is 4. The summed E-state index contributed by atoms with van der Waals surface area (Å²) >= 11 is 0. The summed E-state index contributed by atoms with van der Waals surface area (Å²) in [6.07, 6.45) is 0. The van der Waals surface area contributed by atoms with Gasteiger partial charge in [-0.3, -0.25) is 0 Å². The van der Waals surface area contributed by atoms with Crippen molar-refractivity contribution in [2.24, 2.45) is 0 Å². The summed E-state index contributed by atoms with van der Waals surface area (Å²) in [6, 6.07) is 25.3. The third-order valence-corrected chi connectivity index (χ3v) is 5.16. The average Bonchev–Trinajstić information content (AvgIpc) is 3.30. The molecule has 1 heterocycles. The highest BCUT2D eigenvalue weighted by Gasteiger charge is 2.27. The zero-order valence-electron chi connectivity index (χ0n) is 17.1. The number of hydrogen-bond donors (Lipinski definition) is 0. The Morgan fingerprint density at radius 1 is 0.900 bits per heavy atom. The van der Waals surface area contributed by atoms with E-state index in [4.69, 9.17) is 4.74 Å². The quantitative estimate of drug-likeness (QED) is 0.460. The van der Waals surface area contributed by atoms with Crippen LogP contribution >= 0.6 is 0 Å². The summed E-state index contributed by atoms with van der Waals surface area (Å²) in [5.74, 6) is 0.0384. The van der Waals surface area contributed by atoms with E-state index < -0.39 is 11.5 Å². The van der Waals surface area contributed by atoms with Crippen LogP contribution in [0.5, 0.6) is 0 Å². The van der Waals surface area contributed by atoms with Gasteiger partial charge < -0.3 is 4.74 Å². The van der Waals surface area contributed by atoms with Crippen LogP contribution in [0, 0.1) is 0 Å². The van der Waals surface area contributed by atoms with E-state index in [1.807, 2.05) is 80.6 Å². The van der Waals surface area contributed by atoms with Gasteiger partial charge in [-0.2, -0.15) is 4.80 Å². The number of carbonyl (C=O) groups is 1. The normalized spacial score (nSPS) is 11.3. The van der Waals surface area contributed by atoms with Crippen molar-refractivity contribution in [1.29, 1.82) is 0 Å². The average molecular weight is 398 g/mol. The van der Waals surface area contributed by atoms with Gasteiger partial charge in [-0.25, -0.2) is 4.79 Å². The van der Waals surface area contributed by atoms with Crippen LogP contribution in [0.2, 0.25) is 0 Å². The fourth-order valence-electron chi connectivity index (χ4n) is 3.36. The maximum absolute atomic E-state index is 12.1. The maximum atomic E-state index is 12.1. The lowest BCUT2D eigenvalue weighted by Gasteiger charge is -2.23. The Hall–Kier alpha value is -3.80. The molecule has 0 spiro atoms. The molecule has 30 heavy (non-hydrogen) atoms. The number of tetrazole rings is 1. The SMILES string of the molecule is COC(=O)c1ccc(-c2ccccc2)c(-c2nnn(C(C)(C)c3ccccc3)n2)c1. The topological polar surface area (TPSA) is 69.9 Å². The van der Waals surface area contributed by atoms with Crippen molar-refractivity contribution in [1.82, 2.24) is 20.2 Å². The maximum Gasteiger partial charge on any atom is 0.337 e. The summed E-state index contributed by atoms with van der Waals surface area (Å²) in [5, 5.41) is 13.3. The number of hydrogen-bond acceptors (Lipinski definition) is 5. The van der Waals surface area contributed by atoms with Gasteiger partial charge >= 0.3 is 5.97 Å². The number of carbonyl (C=O) groups excluding carboxylic acids is 1. The minimum atomic E-state index is -0.487.